The fraction of sp³-hybridized carbons (Fsp3) is 0.400. The Balaban J connectivity index is 2.01. The summed E-state index contributed by atoms with van der Waals surface area (Å²) < 4.78 is 0. The van der Waals surface area contributed by atoms with Crippen molar-refractivity contribution in [1.82, 2.24) is 0 Å². The molecule has 2 rings (SSSR count). The minimum atomic E-state index is -0.195. The van der Waals surface area contributed by atoms with Gasteiger partial charge in [-0.2, -0.15) is 0 Å². The molecule has 0 radical (unpaired) electrons. The molecule has 2 unspecified atom stereocenters. The molecular formula is C10H12ClNO. The van der Waals surface area contributed by atoms with E-state index in [0.717, 1.165) is 23.6 Å². The van der Waals surface area contributed by atoms with Crippen LogP contribution in [0, 0.1) is 0 Å². The van der Waals surface area contributed by atoms with Crippen molar-refractivity contribution >= 4 is 17.3 Å². The molecule has 2 nitrogen and oxygen atoms in total. The van der Waals surface area contributed by atoms with Crippen LogP contribution >= 0.6 is 11.6 Å². The number of aliphatic hydroxyl groups is 1. The molecule has 0 saturated heterocycles. The Morgan fingerprint density at radius 1 is 1.38 bits per heavy atom. The molecule has 2 atom stereocenters. The fourth-order valence-electron chi connectivity index (χ4n) is 1.44. The minimum absolute atomic E-state index is 0.195. The maximum absolute atomic E-state index is 9.34. The van der Waals surface area contributed by atoms with E-state index in [1.165, 1.54) is 0 Å². The Morgan fingerprint density at radius 3 is 2.77 bits per heavy atom. The molecular weight excluding hydrogens is 186 g/mol. The molecule has 1 aliphatic carbocycles. The Hall–Kier alpha value is -0.730. The lowest BCUT2D eigenvalue weighted by atomic mass is 9.89. The summed E-state index contributed by atoms with van der Waals surface area (Å²) in [5.74, 6) is 0. The average molecular weight is 198 g/mol. The van der Waals surface area contributed by atoms with Crippen molar-refractivity contribution in [2.75, 3.05) is 5.32 Å². The first kappa shape index (κ1) is 8.85. The van der Waals surface area contributed by atoms with Crippen LogP contribution in [0.2, 0.25) is 5.02 Å². The number of hydrogen-bond acceptors (Lipinski definition) is 2. The average Bonchev–Trinajstić information content (AvgIpc) is 2.12. The van der Waals surface area contributed by atoms with Gasteiger partial charge in [0, 0.05) is 10.7 Å². The third kappa shape index (κ3) is 1.95. The van der Waals surface area contributed by atoms with Gasteiger partial charge in [0.2, 0.25) is 0 Å². The summed E-state index contributed by atoms with van der Waals surface area (Å²) in [5, 5.41) is 13.3. The molecule has 1 aromatic rings. The van der Waals surface area contributed by atoms with Crippen LogP contribution in [0.25, 0.3) is 0 Å². The monoisotopic (exact) mass is 197 g/mol. The van der Waals surface area contributed by atoms with Crippen LogP contribution < -0.4 is 5.32 Å². The maximum atomic E-state index is 9.34. The van der Waals surface area contributed by atoms with E-state index in [-0.39, 0.29) is 12.1 Å². The van der Waals surface area contributed by atoms with E-state index in [2.05, 4.69) is 5.32 Å². The summed E-state index contributed by atoms with van der Waals surface area (Å²) in [4.78, 5) is 0. The zero-order chi connectivity index (χ0) is 9.26. The molecule has 1 aliphatic rings. The number of nitrogens with one attached hydrogen (secondary N) is 1. The van der Waals surface area contributed by atoms with Crippen molar-refractivity contribution < 1.29 is 5.11 Å². The summed E-state index contributed by atoms with van der Waals surface area (Å²) in [6.45, 7) is 0. The van der Waals surface area contributed by atoms with Gasteiger partial charge in [-0.25, -0.2) is 0 Å². The van der Waals surface area contributed by atoms with Crippen LogP contribution in [0.3, 0.4) is 0 Å². The van der Waals surface area contributed by atoms with Gasteiger partial charge in [-0.15, -0.1) is 0 Å². The van der Waals surface area contributed by atoms with Crippen LogP contribution in [-0.4, -0.2) is 17.3 Å². The Bertz CT molecular complexity index is 303. The third-order valence-corrected chi connectivity index (χ3v) is 2.65. The second kappa shape index (κ2) is 3.56. The van der Waals surface area contributed by atoms with Crippen molar-refractivity contribution in [3.8, 4) is 0 Å². The molecule has 1 fully saturated rings. The normalized spacial score (nSPS) is 26.6. The molecule has 3 heteroatoms. The van der Waals surface area contributed by atoms with Crippen LogP contribution in [0.15, 0.2) is 24.3 Å². The second-order valence-corrected chi connectivity index (χ2v) is 3.84. The Morgan fingerprint density at radius 2 is 2.23 bits per heavy atom. The summed E-state index contributed by atoms with van der Waals surface area (Å²) in [6.07, 6.45) is 1.74. The number of hydrogen-bond donors (Lipinski definition) is 2. The van der Waals surface area contributed by atoms with Gasteiger partial charge in [0.05, 0.1) is 12.1 Å². The summed E-state index contributed by atoms with van der Waals surface area (Å²) in [7, 11) is 0. The van der Waals surface area contributed by atoms with E-state index >= 15 is 0 Å². The smallest absolute Gasteiger partial charge is 0.0741 e. The molecule has 0 bridgehead atoms. The van der Waals surface area contributed by atoms with Crippen LogP contribution in [-0.2, 0) is 0 Å². The van der Waals surface area contributed by atoms with Gasteiger partial charge in [-0.05, 0) is 31.0 Å². The predicted molar refractivity (Wildman–Crippen MR) is 54.1 cm³/mol. The SMILES string of the molecule is OC1CCC1Nc1cccc(Cl)c1. The highest BCUT2D eigenvalue weighted by atomic mass is 35.5. The van der Waals surface area contributed by atoms with E-state index in [1.54, 1.807) is 0 Å². The molecule has 2 N–H and O–H groups in total. The van der Waals surface area contributed by atoms with Gasteiger partial charge in [-0.3, -0.25) is 0 Å². The summed E-state index contributed by atoms with van der Waals surface area (Å²) in [6, 6.07) is 7.77. The molecule has 0 heterocycles. The lowest BCUT2D eigenvalue weighted by Crippen LogP contribution is -2.42. The standard InChI is InChI=1S/C10H12ClNO/c11-7-2-1-3-8(6-7)12-9-4-5-10(9)13/h1-3,6,9-10,12-13H,4-5H2. The van der Waals surface area contributed by atoms with E-state index in [1.807, 2.05) is 24.3 Å². The van der Waals surface area contributed by atoms with Gasteiger partial charge in [-0.1, -0.05) is 17.7 Å². The minimum Gasteiger partial charge on any atom is -0.391 e. The summed E-state index contributed by atoms with van der Waals surface area (Å²) in [5.41, 5.74) is 0.983. The van der Waals surface area contributed by atoms with E-state index < -0.39 is 0 Å². The highest BCUT2D eigenvalue weighted by Crippen LogP contribution is 2.25. The van der Waals surface area contributed by atoms with Crippen molar-refractivity contribution in [3.05, 3.63) is 29.3 Å². The number of rotatable bonds is 2. The highest BCUT2D eigenvalue weighted by Gasteiger charge is 2.28. The number of anilines is 1. The zero-order valence-electron chi connectivity index (χ0n) is 7.20. The van der Waals surface area contributed by atoms with E-state index in [4.69, 9.17) is 11.6 Å². The fourth-order valence-corrected chi connectivity index (χ4v) is 1.63. The van der Waals surface area contributed by atoms with Gasteiger partial charge in [0.25, 0.3) is 0 Å². The molecule has 70 valence electrons. The number of aliphatic hydroxyl groups excluding tert-OH is 1. The zero-order valence-corrected chi connectivity index (χ0v) is 7.96. The van der Waals surface area contributed by atoms with Crippen LogP contribution in [0.5, 0.6) is 0 Å². The molecule has 1 aromatic carbocycles. The van der Waals surface area contributed by atoms with Crippen molar-refractivity contribution in [2.24, 2.45) is 0 Å². The topological polar surface area (TPSA) is 32.3 Å². The molecule has 0 spiro atoms. The van der Waals surface area contributed by atoms with Crippen LogP contribution in [0.4, 0.5) is 5.69 Å². The first-order chi connectivity index (χ1) is 6.25. The first-order valence-electron chi connectivity index (χ1n) is 4.46. The molecule has 13 heavy (non-hydrogen) atoms. The van der Waals surface area contributed by atoms with E-state index in [0.29, 0.717) is 0 Å². The molecule has 0 aromatic heterocycles. The largest absolute Gasteiger partial charge is 0.391 e. The quantitative estimate of drug-likeness (QED) is 0.763. The van der Waals surface area contributed by atoms with Crippen LogP contribution in [0.1, 0.15) is 12.8 Å². The maximum Gasteiger partial charge on any atom is 0.0741 e. The number of benzene rings is 1. The number of halogens is 1. The van der Waals surface area contributed by atoms with E-state index in [9.17, 15) is 5.11 Å². The highest BCUT2D eigenvalue weighted by molar-refractivity contribution is 6.30. The molecule has 0 amide bonds. The first-order valence-corrected chi connectivity index (χ1v) is 4.84. The Kier molecular flexibility index (Phi) is 2.42. The Labute approximate surface area is 82.5 Å². The van der Waals surface area contributed by atoms with Crippen molar-refractivity contribution in [3.63, 3.8) is 0 Å². The third-order valence-electron chi connectivity index (χ3n) is 2.41. The van der Waals surface area contributed by atoms with Gasteiger partial charge < -0.3 is 10.4 Å². The van der Waals surface area contributed by atoms with Gasteiger partial charge in [0.1, 0.15) is 0 Å². The molecule has 0 aliphatic heterocycles. The second-order valence-electron chi connectivity index (χ2n) is 3.41. The lowest BCUT2D eigenvalue weighted by molar-refractivity contribution is 0.0786. The summed E-state index contributed by atoms with van der Waals surface area (Å²) >= 11 is 5.82. The lowest BCUT2D eigenvalue weighted by Gasteiger charge is -2.33. The van der Waals surface area contributed by atoms with Crippen molar-refractivity contribution in [2.45, 2.75) is 25.0 Å². The molecule has 1 saturated carbocycles. The van der Waals surface area contributed by atoms with Gasteiger partial charge >= 0.3 is 0 Å². The van der Waals surface area contributed by atoms with Crippen molar-refractivity contribution in [1.29, 1.82) is 0 Å². The predicted octanol–water partition coefficient (Wildman–Crippen LogP) is 2.28. The van der Waals surface area contributed by atoms with Gasteiger partial charge in [0.15, 0.2) is 0 Å².